The van der Waals surface area contributed by atoms with Gasteiger partial charge in [0.05, 0.1) is 13.2 Å². The van der Waals surface area contributed by atoms with E-state index in [0.717, 1.165) is 37.4 Å². The molecule has 0 unspecified atom stereocenters. The fraction of sp³-hybridized carbons (Fsp3) is 0.417. The molecule has 80 valence electrons. The molecule has 1 saturated heterocycles. The van der Waals surface area contributed by atoms with Crippen molar-refractivity contribution < 1.29 is 4.74 Å². The molecule has 1 aliphatic heterocycles. The Morgan fingerprint density at radius 1 is 1.33 bits per heavy atom. The zero-order chi connectivity index (χ0) is 10.7. The van der Waals surface area contributed by atoms with E-state index in [9.17, 15) is 0 Å². The first-order valence-electron chi connectivity index (χ1n) is 5.25. The molecule has 2 rings (SSSR count). The molecule has 0 aliphatic carbocycles. The third-order valence-corrected chi connectivity index (χ3v) is 2.79. The Morgan fingerprint density at radius 2 is 2.07 bits per heavy atom. The smallest absolute Gasteiger partial charge is 0.0642 e. The van der Waals surface area contributed by atoms with E-state index >= 15 is 0 Å². The molecule has 1 fully saturated rings. The van der Waals surface area contributed by atoms with E-state index in [1.54, 1.807) is 0 Å². The first-order valence-corrected chi connectivity index (χ1v) is 5.25. The number of hydrogen-bond acceptors (Lipinski definition) is 3. The van der Waals surface area contributed by atoms with Gasteiger partial charge in [-0.15, -0.1) is 0 Å². The molecule has 3 nitrogen and oxygen atoms in total. The van der Waals surface area contributed by atoms with Gasteiger partial charge in [-0.05, 0) is 30.2 Å². The number of nitrogens with one attached hydrogen (secondary N) is 1. The Hall–Kier alpha value is -1.35. The lowest BCUT2D eigenvalue weighted by molar-refractivity contribution is 0.122. The van der Waals surface area contributed by atoms with Gasteiger partial charge < -0.3 is 15.0 Å². The minimum Gasteiger partial charge on any atom is -0.378 e. The van der Waals surface area contributed by atoms with Crippen molar-refractivity contribution in [3.05, 3.63) is 29.3 Å². The lowest BCUT2D eigenvalue weighted by Crippen LogP contribution is -2.36. The predicted molar refractivity (Wildman–Crippen MR) is 62.1 cm³/mol. The first kappa shape index (κ1) is 10.2. The molecule has 1 N–H and O–H groups in total. The summed E-state index contributed by atoms with van der Waals surface area (Å²) in [5.74, 6) is 0. The SMILES string of the molecule is Cc1cc(N2CCOCC2)ccc1C=N. The normalized spacial score (nSPS) is 16.5. The summed E-state index contributed by atoms with van der Waals surface area (Å²) in [5.41, 5.74) is 3.39. The number of nitrogens with zero attached hydrogens (tertiary/aromatic N) is 1. The van der Waals surface area contributed by atoms with Crippen LogP contribution >= 0.6 is 0 Å². The van der Waals surface area contributed by atoms with Crippen LogP contribution in [0.2, 0.25) is 0 Å². The summed E-state index contributed by atoms with van der Waals surface area (Å²) in [5, 5.41) is 7.24. The van der Waals surface area contributed by atoms with Gasteiger partial charge in [-0.2, -0.15) is 0 Å². The second kappa shape index (κ2) is 4.45. The van der Waals surface area contributed by atoms with Crippen molar-refractivity contribution >= 4 is 11.9 Å². The molecule has 1 aliphatic rings. The van der Waals surface area contributed by atoms with Crippen molar-refractivity contribution in [1.29, 1.82) is 5.41 Å². The molecule has 0 saturated carbocycles. The maximum atomic E-state index is 7.24. The van der Waals surface area contributed by atoms with Crippen molar-refractivity contribution in [2.45, 2.75) is 6.92 Å². The van der Waals surface area contributed by atoms with Crippen LogP contribution in [-0.2, 0) is 4.74 Å². The highest BCUT2D eigenvalue weighted by Crippen LogP contribution is 2.19. The van der Waals surface area contributed by atoms with Crippen LogP contribution in [0.1, 0.15) is 11.1 Å². The van der Waals surface area contributed by atoms with Crippen LogP contribution < -0.4 is 4.90 Å². The van der Waals surface area contributed by atoms with Crippen LogP contribution in [0.3, 0.4) is 0 Å². The Kier molecular flexibility index (Phi) is 3.02. The molecule has 0 radical (unpaired) electrons. The quantitative estimate of drug-likeness (QED) is 0.746. The van der Waals surface area contributed by atoms with Crippen LogP contribution in [0, 0.1) is 12.3 Å². The van der Waals surface area contributed by atoms with E-state index in [-0.39, 0.29) is 0 Å². The molecular formula is C12H16N2O. The predicted octanol–water partition coefficient (Wildman–Crippen LogP) is 1.83. The van der Waals surface area contributed by atoms with Crippen LogP contribution in [0.4, 0.5) is 5.69 Å². The van der Waals surface area contributed by atoms with E-state index in [1.807, 2.05) is 13.0 Å². The number of benzene rings is 1. The number of rotatable bonds is 2. The molecular weight excluding hydrogens is 188 g/mol. The Balaban J connectivity index is 2.21. The van der Waals surface area contributed by atoms with Gasteiger partial charge in [-0.1, -0.05) is 6.07 Å². The van der Waals surface area contributed by atoms with Gasteiger partial charge in [0.2, 0.25) is 0 Å². The minimum absolute atomic E-state index is 0.811. The largest absolute Gasteiger partial charge is 0.378 e. The lowest BCUT2D eigenvalue weighted by Gasteiger charge is -2.29. The van der Waals surface area contributed by atoms with Crippen LogP contribution in [-0.4, -0.2) is 32.5 Å². The maximum Gasteiger partial charge on any atom is 0.0642 e. The van der Waals surface area contributed by atoms with Crippen molar-refractivity contribution in [3.63, 3.8) is 0 Å². The highest BCUT2D eigenvalue weighted by Gasteiger charge is 2.11. The fourth-order valence-corrected chi connectivity index (χ4v) is 1.84. The van der Waals surface area contributed by atoms with Crippen LogP contribution in [0.5, 0.6) is 0 Å². The molecule has 3 heteroatoms. The molecule has 15 heavy (non-hydrogen) atoms. The summed E-state index contributed by atoms with van der Waals surface area (Å²) in [4.78, 5) is 2.32. The lowest BCUT2D eigenvalue weighted by atomic mass is 10.1. The Morgan fingerprint density at radius 3 is 2.67 bits per heavy atom. The number of morpholine rings is 1. The van der Waals surface area contributed by atoms with E-state index in [2.05, 4.69) is 17.0 Å². The highest BCUT2D eigenvalue weighted by molar-refractivity contribution is 5.80. The van der Waals surface area contributed by atoms with Crippen molar-refractivity contribution in [2.24, 2.45) is 0 Å². The molecule has 0 amide bonds. The molecule has 1 aromatic rings. The summed E-state index contributed by atoms with van der Waals surface area (Å²) >= 11 is 0. The zero-order valence-electron chi connectivity index (χ0n) is 8.99. The van der Waals surface area contributed by atoms with E-state index in [4.69, 9.17) is 10.1 Å². The number of aryl methyl sites for hydroxylation is 1. The zero-order valence-corrected chi connectivity index (χ0v) is 8.99. The molecule has 1 heterocycles. The topological polar surface area (TPSA) is 36.3 Å². The van der Waals surface area contributed by atoms with Crippen molar-refractivity contribution in [1.82, 2.24) is 0 Å². The standard InChI is InChI=1S/C12H16N2O/c1-10-8-12(3-2-11(10)9-13)14-4-6-15-7-5-14/h2-3,8-9,13H,4-7H2,1H3. The maximum absolute atomic E-state index is 7.24. The van der Waals surface area contributed by atoms with Gasteiger partial charge in [0, 0.05) is 25.0 Å². The van der Waals surface area contributed by atoms with Gasteiger partial charge in [-0.25, -0.2) is 0 Å². The van der Waals surface area contributed by atoms with Crippen molar-refractivity contribution in [2.75, 3.05) is 31.2 Å². The molecule has 1 aromatic carbocycles. The Bertz CT molecular complexity index is 357. The second-order valence-electron chi connectivity index (χ2n) is 3.78. The van der Waals surface area contributed by atoms with Crippen LogP contribution in [0.25, 0.3) is 0 Å². The summed E-state index contributed by atoms with van der Waals surface area (Å²) in [6.07, 6.45) is 1.40. The third-order valence-electron chi connectivity index (χ3n) is 2.79. The summed E-state index contributed by atoms with van der Waals surface area (Å²) in [6, 6.07) is 6.23. The average Bonchev–Trinajstić information content (AvgIpc) is 2.30. The molecule has 0 spiro atoms. The van der Waals surface area contributed by atoms with Gasteiger partial charge >= 0.3 is 0 Å². The van der Waals surface area contributed by atoms with E-state index in [1.165, 1.54) is 11.9 Å². The monoisotopic (exact) mass is 204 g/mol. The van der Waals surface area contributed by atoms with Gasteiger partial charge in [0.25, 0.3) is 0 Å². The van der Waals surface area contributed by atoms with Crippen LogP contribution in [0.15, 0.2) is 18.2 Å². The second-order valence-corrected chi connectivity index (χ2v) is 3.78. The average molecular weight is 204 g/mol. The minimum atomic E-state index is 0.811. The molecule has 0 atom stereocenters. The summed E-state index contributed by atoms with van der Waals surface area (Å²) in [6.45, 7) is 5.59. The van der Waals surface area contributed by atoms with Gasteiger partial charge in [0.1, 0.15) is 0 Å². The number of ether oxygens (including phenoxy) is 1. The van der Waals surface area contributed by atoms with Crippen molar-refractivity contribution in [3.8, 4) is 0 Å². The fourth-order valence-electron chi connectivity index (χ4n) is 1.84. The summed E-state index contributed by atoms with van der Waals surface area (Å²) < 4.78 is 5.32. The molecule has 0 aromatic heterocycles. The number of hydrogen-bond donors (Lipinski definition) is 1. The van der Waals surface area contributed by atoms with Gasteiger partial charge in [-0.3, -0.25) is 0 Å². The van der Waals surface area contributed by atoms with E-state index in [0.29, 0.717) is 0 Å². The van der Waals surface area contributed by atoms with E-state index < -0.39 is 0 Å². The summed E-state index contributed by atoms with van der Waals surface area (Å²) in [7, 11) is 0. The Labute approximate surface area is 90.2 Å². The first-order chi connectivity index (χ1) is 7.31. The highest BCUT2D eigenvalue weighted by atomic mass is 16.5. The van der Waals surface area contributed by atoms with Gasteiger partial charge in [0.15, 0.2) is 0 Å². The molecule has 0 bridgehead atoms. The number of anilines is 1. The third kappa shape index (κ3) is 2.18.